The van der Waals surface area contributed by atoms with E-state index in [0.717, 1.165) is 11.1 Å². The van der Waals surface area contributed by atoms with Crippen molar-refractivity contribution in [2.75, 3.05) is 0 Å². The van der Waals surface area contributed by atoms with Crippen molar-refractivity contribution >= 4 is 23.9 Å². The van der Waals surface area contributed by atoms with Gasteiger partial charge in [-0.3, -0.25) is 19.2 Å². The molecule has 0 N–H and O–H groups in total. The molecule has 0 spiro atoms. The fourth-order valence-electron chi connectivity index (χ4n) is 3.18. The Hall–Kier alpha value is -3.68. The van der Waals surface area contributed by atoms with Crippen LogP contribution in [0, 0.1) is 13.8 Å². The molecule has 2 aromatic rings. The Kier molecular flexibility index (Phi) is 8.12. The standard InChI is InChI=1S/C24H26O8/c1-13-7-19(9-21(11-29-15(3)25)23(13)31-17(5)27)20-8-14(2)24(32-18(6)28)22(10-20)12-30-16(4)26/h7-10H,11-12H2,1-6H3. The van der Waals surface area contributed by atoms with Crippen LogP contribution in [0.15, 0.2) is 24.3 Å². The smallest absolute Gasteiger partial charge is 0.308 e. The Morgan fingerprint density at radius 1 is 0.594 bits per heavy atom. The van der Waals surface area contributed by atoms with E-state index in [2.05, 4.69) is 0 Å². The molecule has 0 fully saturated rings. The second-order valence-corrected chi connectivity index (χ2v) is 7.31. The molecule has 0 bridgehead atoms. The number of hydrogen-bond donors (Lipinski definition) is 0. The molecule has 170 valence electrons. The number of rotatable bonds is 7. The highest BCUT2D eigenvalue weighted by Gasteiger charge is 2.18. The molecule has 2 aromatic carbocycles. The summed E-state index contributed by atoms with van der Waals surface area (Å²) in [5, 5.41) is 0. The summed E-state index contributed by atoms with van der Waals surface area (Å²) >= 11 is 0. The first kappa shape index (κ1) is 24.6. The van der Waals surface area contributed by atoms with Gasteiger partial charge in [0.25, 0.3) is 0 Å². The van der Waals surface area contributed by atoms with Crippen molar-refractivity contribution in [3.8, 4) is 22.6 Å². The summed E-state index contributed by atoms with van der Waals surface area (Å²) < 4.78 is 20.9. The SMILES string of the molecule is CC(=O)OCc1cc(-c2cc(C)c(OC(C)=O)c(COC(C)=O)c2)cc(C)c1OC(C)=O. The number of aryl methyl sites for hydroxylation is 2. The summed E-state index contributed by atoms with van der Waals surface area (Å²) in [7, 11) is 0. The zero-order valence-electron chi connectivity index (χ0n) is 19.0. The molecule has 0 heterocycles. The van der Waals surface area contributed by atoms with Gasteiger partial charge < -0.3 is 18.9 Å². The van der Waals surface area contributed by atoms with Gasteiger partial charge in [-0.2, -0.15) is 0 Å². The molecule has 0 saturated heterocycles. The first-order chi connectivity index (χ1) is 15.0. The highest BCUT2D eigenvalue weighted by atomic mass is 16.6. The molecule has 0 aromatic heterocycles. The molecule has 2 rings (SSSR count). The molecule has 0 radical (unpaired) electrons. The van der Waals surface area contributed by atoms with Crippen LogP contribution in [0.25, 0.3) is 11.1 Å². The minimum absolute atomic E-state index is 0.0720. The van der Waals surface area contributed by atoms with E-state index in [4.69, 9.17) is 18.9 Å². The monoisotopic (exact) mass is 442 g/mol. The van der Waals surface area contributed by atoms with Gasteiger partial charge in [0.1, 0.15) is 24.7 Å². The van der Waals surface area contributed by atoms with Crippen molar-refractivity contribution in [2.45, 2.75) is 54.8 Å². The molecule has 8 heteroatoms. The van der Waals surface area contributed by atoms with Crippen LogP contribution in [0.3, 0.4) is 0 Å². The third kappa shape index (κ3) is 6.66. The third-order valence-electron chi connectivity index (χ3n) is 4.39. The van der Waals surface area contributed by atoms with Crippen LogP contribution >= 0.6 is 0 Å². The van der Waals surface area contributed by atoms with E-state index in [-0.39, 0.29) is 13.2 Å². The number of esters is 4. The summed E-state index contributed by atoms with van der Waals surface area (Å²) in [5.41, 5.74) is 3.89. The second-order valence-electron chi connectivity index (χ2n) is 7.31. The molecule has 0 unspecified atom stereocenters. The molecule has 0 aliphatic heterocycles. The van der Waals surface area contributed by atoms with Crippen molar-refractivity contribution in [3.05, 3.63) is 46.5 Å². The topological polar surface area (TPSA) is 105 Å². The fraction of sp³-hybridized carbons (Fsp3) is 0.333. The molecule has 0 amide bonds. The Balaban J connectivity index is 2.61. The Bertz CT molecular complexity index is 983. The first-order valence-corrected chi connectivity index (χ1v) is 9.89. The number of hydrogen-bond acceptors (Lipinski definition) is 8. The summed E-state index contributed by atoms with van der Waals surface area (Å²) in [6.07, 6.45) is 0. The van der Waals surface area contributed by atoms with Gasteiger partial charge in [-0.15, -0.1) is 0 Å². The lowest BCUT2D eigenvalue weighted by Gasteiger charge is -2.17. The number of carbonyl (C=O) groups is 4. The van der Waals surface area contributed by atoms with Crippen LogP contribution in [0.4, 0.5) is 0 Å². The molecule has 8 nitrogen and oxygen atoms in total. The van der Waals surface area contributed by atoms with Crippen LogP contribution < -0.4 is 9.47 Å². The Morgan fingerprint density at radius 3 is 1.22 bits per heavy atom. The predicted octanol–water partition coefficient (Wildman–Crippen LogP) is 3.95. The van der Waals surface area contributed by atoms with Crippen LogP contribution in [0.2, 0.25) is 0 Å². The van der Waals surface area contributed by atoms with Crippen molar-refractivity contribution in [1.29, 1.82) is 0 Å². The quantitative estimate of drug-likeness (QED) is 0.469. The minimum atomic E-state index is -0.491. The Labute approximate surface area is 186 Å². The highest BCUT2D eigenvalue weighted by Crippen LogP contribution is 2.35. The van der Waals surface area contributed by atoms with Crippen molar-refractivity contribution in [2.24, 2.45) is 0 Å². The minimum Gasteiger partial charge on any atom is -0.461 e. The van der Waals surface area contributed by atoms with E-state index < -0.39 is 23.9 Å². The van der Waals surface area contributed by atoms with E-state index >= 15 is 0 Å². The normalized spacial score (nSPS) is 10.3. The van der Waals surface area contributed by atoms with Crippen molar-refractivity contribution in [1.82, 2.24) is 0 Å². The summed E-state index contributed by atoms with van der Waals surface area (Å²) in [6, 6.07) is 7.16. The van der Waals surface area contributed by atoms with Crippen molar-refractivity contribution < 1.29 is 38.1 Å². The molecule has 32 heavy (non-hydrogen) atoms. The zero-order valence-corrected chi connectivity index (χ0v) is 19.0. The molecule has 0 saturated carbocycles. The lowest BCUT2D eigenvalue weighted by Crippen LogP contribution is -2.09. The van der Waals surface area contributed by atoms with E-state index in [1.165, 1.54) is 27.7 Å². The molecule has 0 atom stereocenters. The van der Waals surface area contributed by atoms with Gasteiger partial charge in [-0.05, 0) is 60.4 Å². The van der Waals surface area contributed by atoms with Gasteiger partial charge in [0, 0.05) is 38.8 Å². The van der Waals surface area contributed by atoms with Gasteiger partial charge in [-0.1, -0.05) is 0 Å². The molecule has 0 aliphatic carbocycles. The van der Waals surface area contributed by atoms with E-state index in [1.807, 2.05) is 12.1 Å². The second kappa shape index (κ2) is 10.6. The van der Waals surface area contributed by atoms with E-state index in [0.29, 0.717) is 33.8 Å². The number of carbonyl (C=O) groups excluding carboxylic acids is 4. The van der Waals surface area contributed by atoms with E-state index in [9.17, 15) is 19.2 Å². The fourth-order valence-corrected chi connectivity index (χ4v) is 3.18. The molecular weight excluding hydrogens is 416 g/mol. The summed E-state index contributed by atoms with van der Waals surface area (Å²) in [5.74, 6) is -1.25. The van der Waals surface area contributed by atoms with Crippen LogP contribution in [-0.4, -0.2) is 23.9 Å². The molecule has 0 aliphatic rings. The zero-order chi connectivity index (χ0) is 24.0. The Morgan fingerprint density at radius 2 is 0.938 bits per heavy atom. The van der Waals surface area contributed by atoms with Crippen LogP contribution in [-0.2, 0) is 41.9 Å². The first-order valence-electron chi connectivity index (χ1n) is 9.89. The average Bonchev–Trinajstić information content (AvgIpc) is 2.67. The van der Waals surface area contributed by atoms with E-state index in [1.54, 1.807) is 26.0 Å². The summed E-state index contributed by atoms with van der Waals surface area (Å²) in [6.45, 7) is 8.58. The van der Waals surface area contributed by atoms with Gasteiger partial charge in [0.15, 0.2) is 0 Å². The van der Waals surface area contributed by atoms with Gasteiger partial charge in [0.2, 0.25) is 0 Å². The number of benzene rings is 2. The average molecular weight is 442 g/mol. The third-order valence-corrected chi connectivity index (χ3v) is 4.39. The van der Waals surface area contributed by atoms with Crippen LogP contribution in [0.5, 0.6) is 11.5 Å². The largest absolute Gasteiger partial charge is 0.461 e. The maximum Gasteiger partial charge on any atom is 0.308 e. The lowest BCUT2D eigenvalue weighted by molar-refractivity contribution is -0.143. The molecular formula is C24H26O8. The number of ether oxygens (including phenoxy) is 4. The maximum atomic E-state index is 11.5. The summed E-state index contributed by atoms with van der Waals surface area (Å²) in [4.78, 5) is 45.7. The lowest BCUT2D eigenvalue weighted by atomic mass is 9.95. The van der Waals surface area contributed by atoms with Crippen LogP contribution in [0.1, 0.15) is 49.9 Å². The van der Waals surface area contributed by atoms with Gasteiger partial charge >= 0.3 is 23.9 Å². The predicted molar refractivity (Wildman–Crippen MR) is 115 cm³/mol. The maximum absolute atomic E-state index is 11.5. The van der Waals surface area contributed by atoms with Gasteiger partial charge in [-0.25, -0.2) is 0 Å². The highest BCUT2D eigenvalue weighted by molar-refractivity contribution is 5.76. The van der Waals surface area contributed by atoms with Gasteiger partial charge in [0.05, 0.1) is 0 Å². The van der Waals surface area contributed by atoms with Crippen molar-refractivity contribution in [3.63, 3.8) is 0 Å².